The van der Waals surface area contributed by atoms with E-state index >= 15 is 4.57 Å². The van der Waals surface area contributed by atoms with Crippen molar-refractivity contribution in [1.82, 2.24) is 15.0 Å². The smallest absolute Gasteiger partial charge is 0.436 e. The summed E-state index contributed by atoms with van der Waals surface area (Å²) in [7, 11) is -4.64. The van der Waals surface area contributed by atoms with Crippen LogP contribution in [0.5, 0.6) is 17.2 Å². The van der Waals surface area contributed by atoms with Gasteiger partial charge in [-0.3, -0.25) is 0 Å². The number of fused-ring (bicyclic) bond motifs is 3. The molecule has 0 atom stereocenters. The van der Waals surface area contributed by atoms with Gasteiger partial charge in [0.2, 0.25) is 17.7 Å². The minimum atomic E-state index is -4.64. The van der Waals surface area contributed by atoms with Gasteiger partial charge in [0.1, 0.15) is 33.8 Å². The molecule has 0 N–H and O–H groups in total. The van der Waals surface area contributed by atoms with Crippen LogP contribution in [0.15, 0.2) is 159 Å². The van der Waals surface area contributed by atoms with E-state index in [1.54, 1.807) is 72.8 Å². The van der Waals surface area contributed by atoms with Crippen LogP contribution in [0.25, 0.3) is 67.7 Å². The Labute approximate surface area is 284 Å². The van der Waals surface area contributed by atoms with Crippen LogP contribution < -0.4 is 13.6 Å². The second-order valence-electron chi connectivity index (χ2n) is 11.2. The SMILES string of the molecule is O=P(Oc1ccccc1-c1nc2ccccc2o1)(Oc1ccccc1-c1nc2ccccc2o1)Oc1ccccc1-c1nc2ccccc2o1. The Bertz CT molecular complexity index is 2320. The topological polar surface area (TPSA) is 123 Å². The summed E-state index contributed by atoms with van der Waals surface area (Å²) < 4.78 is 52.2. The number of para-hydroxylation sites is 9. The van der Waals surface area contributed by atoms with Crippen molar-refractivity contribution in [3.63, 3.8) is 0 Å². The maximum atomic E-state index is 15.2. The fraction of sp³-hybridized carbons (Fsp3) is 0. The van der Waals surface area contributed by atoms with Gasteiger partial charge in [-0.15, -0.1) is 0 Å². The van der Waals surface area contributed by atoms with Crippen LogP contribution in [0.3, 0.4) is 0 Å². The fourth-order valence-electron chi connectivity index (χ4n) is 5.55. The zero-order chi connectivity index (χ0) is 33.5. The first-order valence-electron chi connectivity index (χ1n) is 15.6. The number of rotatable bonds is 9. The molecular formula is C39H24N3O7P. The number of phosphoric ester groups is 1. The van der Waals surface area contributed by atoms with Gasteiger partial charge in [-0.1, -0.05) is 72.8 Å². The average molecular weight is 678 g/mol. The van der Waals surface area contributed by atoms with Gasteiger partial charge in [0.15, 0.2) is 16.7 Å². The zero-order valence-corrected chi connectivity index (χ0v) is 26.9. The first-order valence-corrected chi connectivity index (χ1v) is 17.1. The molecule has 0 amide bonds. The summed E-state index contributed by atoms with van der Waals surface area (Å²) in [6, 6.07) is 43.0. The Balaban J connectivity index is 1.15. The Morgan fingerprint density at radius 1 is 0.380 bits per heavy atom. The van der Waals surface area contributed by atoms with E-state index in [-0.39, 0.29) is 34.9 Å². The quantitative estimate of drug-likeness (QED) is 0.136. The summed E-state index contributed by atoms with van der Waals surface area (Å²) in [5.41, 5.74) is 5.07. The lowest BCUT2D eigenvalue weighted by Crippen LogP contribution is -2.09. The van der Waals surface area contributed by atoms with Crippen LogP contribution in [0.2, 0.25) is 0 Å². The Morgan fingerprint density at radius 2 is 0.660 bits per heavy atom. The molecule has 0 spiro atoms. The summed E-state index contributed by atoms with van der Waals surface area (Å²) in [6.07, 6.45) is 0. The second-order valence-corrected chi connectivity index (χ2v) is 12.6. The van der Waals surface area contributed by atoms with Crippen LogP contribution in [0.1, 0.15) is 0 Å². The minimum Gasteiger partial charge on any atom is -0.436 e. The van der Waals surface area contributed by atoms with E-state index in [4.69, 9.17) is 26.8 Å². The van der Waals surface area contributed by atoms with Gasteiger partial charge in [0.25, 0.3) is 0 Å². The monoisotopic (exact) mass is 677 g/mol. The highest BCUT2D eigenvalue weighted by Gasteiger charge is 2.37. The first kappa shape index (κ1) is 29.5. The van der Waals surface area contributed by atoms with Crippen molar-refractivity contribution in [3.05, 3.63) is 146 Å². The van der Waals surface area contributed by atoms with Crippen LogP contribution >= 0.6 is 7.82 Å². The summed E-state index contributed by atoms with van der Waals surface area (Å²) in [5.74, 6) is 1.27. The molecule has 0 bridgehead atoms. The molecule has 0 unspecified atom stereocenters. The van der Waals surface area contributed by atoms with Crippen molar-refractivity contribution < 1.29 is 31.4 Å². The molecule has 6 aromatic carbocycles. The predicted molar refractivity (Wildman–Crippen MR) is 188 cm³/mol. The zero-order valence-electron chi connectivity index (χ0n) is 26.0. The molecule has 9 aromatic rings. The van der Waals surface area contributed by atoms with Crippen molar-refractivity contribution in [2.45, 2.75) is 0 Å². The van der Waals surface area contributed by atoms with Crippen LogP contribution in [-0.2, 0) is 4.57 Å². The summed E-state index contributed by atoms with van der Waals surface area (Å²) in [5, 5.41) is 0. The molecule has 0 radical (unpaired) electrons. The van der Waals surface area contributed by atoms with Crippen molar-refractivity contribution >= 4 is 41.1 Å². The lowest BCUT2D eigenvalue weighted by atomic mass is 10.2. The van der Waals surface area contributed by atoms with Crippen LogP contribution in [0, 0.1) is 0 Å². The largest absolute Gasteiger partial charge is 0.647 e. The molecule has 11 heteroatoms. The number of oxazole rings is 3. The van der Waals surface area contributed by atoms with Gasteiger partial charge >= 0.3 is 7.82 Å². The third-order valence-corrected chi connectivity index (χ3v) is 9.13. The first-order chi connectivity index (χ1) is 24.6. The Morgan fingerprint density at radius 3 is 0.980 bits per heavy atom. The molecule has 242 valence electrons. The number of hydrogen-bond donors (Lipinski definition) is 0. The van der Waals surface area contributed by atoms with Gasteiger partial charge < -0.3 is 26.8 Å². The summed E-state index contributed by atoms with van der Waals surface area (Å²) in [6.45, 7) is 0. The van der Waals surface area contributed by atoms with Gasteiger partial charge in [0, 0.05) is 0 Å². The van der Waals surface area contributed by atoms with Gasteiger partial charge in [0.05, 0.1) is 16.7 Å². The van der Waals surface area contributed by atoms with Crippen LogP contribution in [-0.4, -0.2) is 15.0 Å². The lowest BCUT2D eigenvalue weighted by molar-refractivity contribution is 0.299. The molecule has 3 heterocycles. The van der Waals surface area contributed by atoms with Gasteiger partial charge in [-0.05, 0) is 72.8 Å². The van der Waals surface area contributed by atoms with E-state index in [1.807, 2.05) is 72.8 Å². The predicted octanol–water partition coefficient (Wildman–Crippen LogP) is 10.8. The number of benzene rings is 6. The normalized spacial score (nSPS) is 11.7. The van der Waals surface area contributed by atoms with Gasteiger partial charge in [-0.25, -0.2) is 15.0 Å². The highest BCUT2D eigenvalue weighted by molar-refractivity contribution is 7.49. The number of phosphoric acid groups is 1. The molecule has 3 aromatic heterocycles. The standard InChI is InChI=1S/C39H24N3O7P/c43-50(47-31-19-7-1-13-25(31)37-40-28-16-4-10-22-34(28)44-37,48-32-20-8-2-14-26(32)38-41-29-17-5-11-23-35(29)45-38)49-33-21-9-3-15-27(33)39-42-30-18-6-12-24-36(30)46-39/h1-24H. The van der Waals surface area contributed by atoms with E-state index in [0.29, 0.717) is 50.0 Å². The maximum Gasteiger partial charge on any atom is 0.647 e. The van der Waals surface area contributed by atoms with Crippen molar-refractivity contribution in [3.8, 4) is 51.6 Å². The lowest BCUT2D eigenvalue weighted by Gasteiger charge is -2.22. The van der Waals surface area contributed by atoms with Crippen molar-refractivity contribution in [2.75, 3.05) is 0 Å². The third-order valence-electron chi connectivity index (χ3n) is 7.86. The molecule has 0 saturated carbocycles. The maximum absolute atomic E-state index is 15.2. The van der Waals surface area contributed by atoms with E-state index in [9.17, 15) is 0 Å². The van der Waals surface area contributed by atoms with Crippen molar-refractivity contribution in [2.24, 2.45) is 0 Å². The Kier molecular flexibility index (Phi) is 7.14. The average Bonchev–Trinajstić information content (AvgIpc) is 3.89. The van der Waals surface area contributed by atoms with Crippen molar-refractivity contribution in [1.29, 1.82) is 0 Å². The van der Waals surface area contributed by atoms with E-state index in [0.717, 1.165) is 0 Å². The fourth-order valence-corrected chi connectivity index (χ4v) is 6.86. The number of hydrogen-bond acceptors (Lipinski definition) is 10. The summed E-state index contributed by atoms with van der Waals surface area (Å²) >= 11 is 0. The highest BCUT2D eigenvalue weighted by Crippen LogP contribution is 2.54. The Hall–Kier alpha value is -6.64. The number of nitrogens with zero attached hydrogens (tertiary/aromatic N) is 3. The molecule has 10 nitrogen and oxygen atoms in total. The molecule has 50 heavy (non-hydrogen) atoms. The summed E-state index contributed by atoms with van der Waals surface area (Å²) in [4.78, 5) is 13.9. The van der Waals surface area contributed by atoms with Gasteiger partial charge in [-0.2, -0.15) is 4.57 Å². The van der Waals surface area contributed by atoms with E-state index < -0.39 is 7.82 Å². The van der Waals surface area contributed by atoms with Crippen LogP contribution in [0.4, 0.5) is 0 Å². The molecule has 0 fully saturated rings. The molecule has 0 aliphatic rings. The molecule has 0 aliphatic heterocycles. The molecular weight excluding hydrogens is 653 g/mol. The third kappa shape index (κ3) is 5.53. The molecule has 9 rings (SSSR count). The van der Waals surface area contributed by atoms with E-state index in [1.165, 1.54) is 0 Å². The molecule has 0 aliphatic carbocycles. The minimum absolute atomic E-state index is 0.154. The highest BCUT2D eigenvalue weighted by atomic mass is 31.2. The van der Waals surface area contributed by atoms with E-state index in [2.05, 4.69) is 15.0 Å². The molecule has 0 saturated heterocycles. The second kappa shape index (κ2) is 12.1. The number of aromatic nitrogens is 3.